The lowest BCUT2D eigenvalue weighted by Gasteiger charge is -2.17. The molecule has 0 aliphatic rings. The zero-order valence-corrected chi connectivity index (χ0v) is 15.6. The van der Waals surface area contributed by atoms with Crippen molar-refractivity contribution in [3.8, 4) is 5.82 Å². The average molecular weight is 350 g/mol. The summed E-state index contributed by atoms with van der Waals surface area (Å²) < 4.78 is 16.2. The van der Waals surface area contributed by atoms with Crippen molar-refractivity contribution in [2.24, 2.45) is 0 Å². The zero-order valence-electron chi connectivity index (χ0n) is 15.6. The molecule has 0 atom stereocenters. The summed E-state index contributed by atoms with van der Waals surface area (Å²) in [6.45, 7) is 4.25. The standard InChI is InChI=1S/C18H15FN4.C3H8/c1-22(2)18-14-9-17(21-10-13(14)3-4-15(18)19)23-8-6-12-5-7-20-11-16(12)23;1-3-2/h3-11H,1-2H3;3H2,1-2H3. The predicted octanol–water partition coefficient (Wildman–Crippen LogP) is 5.20. The lowest BCUT2D eigenvalue weighted by atomic mass is 10.1. The van der Waals surface area contributed by atoms with E-state index < -0.39 is 0 Å². The van der Waals surface area contributed by atoms with E-state index in [-0.39, 0.29) is 5.82 Å². The van der Waals surface area contributed by atoms with Crippen LogP contribution in [0.15, 0.2) is 55.1 Å². The van der Waals surface area contributed by atoms with Gasteiger partial charge in [0.05, 0.1) is 17.4 Å². The number of pyridine rings is 2. The molecule has 0 amide bonds. The average Bonchev–Trinajstić information content (AvgIpc) is 3.05. The van der Waals surface area contributed by atoms with Crippen LogP contribution in [-0.2, 0) is 0 Å². The van der Waals surface area contributed by atoms with Gasteiger partial charge in [-0.3, -0.25) is 9.55 Å². The van der Waals surface area contributed by atoms with Gasteiger partial charge in [0, 0.05) is 48.8 Å². The molecule has 0 aliphatic carbocycles. The lowest BCUT2D eigenvalue weighted by Crippen LogP contribution is -2.11. The van der Waals surface area contributed by atoms with Crippen molar-refractivity contribution in [3.63, 3.8) is 0 Å². The van der Waals surface area contributed by atoms with Crippen molar-refractivity contribution in [1.29, 1.82) is 0 Å². The van der Waals surface area contributed by atoms with Crippen molar-refractivity contribution in [1.82, 2.24) is 14.5 Å². The fraction of sp³-hybridized carbons (Fsp3) is 0.238. The van der Waals surface area contributed by atoms with Crippen molar-refractivity contribution >= 4 is 27.4 Å². The molecule has 0 bridgehead atoms. The molecule has 4 rings (SSSR count). The van der Waals surface area contributed by atoms with Crippen molar-refractivity contribution in [2.75, 3.05) is 19.0 Å². The van der Waals surface area contributed by atoms with E-state index in [9.17, 15) is 4.39 Å². The third-order valence-corrected chi connectivity index (χ3v) is 4.00. The number of rotatable bonds is 2. The molecular formula is C21H23FN4. The quantitative estimate of drug-likeness (QED) is 0.498. The zero-order chi connectivity index (χ0) is 18.7. The maximum atomic E-state index is 14.2. The lowest BCUT2D eigenvalue weighted by molar-refractivity contribution is 0.628. The number of hydrogen-bond acceptors (Lipinski definition) is 3. The van der Waals surface area contributed by atoms with E-state index >= 15 is 0 Å². The Hall–Kier alpha value is -2.95. The van der Waals surface area contributed by atoms with Crippen molar-refractivity contribution in [3.05, 3.63) is 60.9 Å². The number of nitrogens with zero attached hydrogens (tertiary/aromatic N) is 4. The highest BCUT2D eigenvalue weighted by molar-refractivity contribution is 5.95. The molecule has 1 aromatic carbocycles. The van der Waals surface area contributed by atoms with Gasteiger partial charge >= 0.3 is 0 Å². The molecule has 4 aromatic rings. The molecule has 134 valence electrons. The maximum absolute atomic E-state index is 14.2. The highest BCUT2D eigenvalue weighted by Crippen LogP contribution is 2.30. The van der Waals surface area contributed by atoms with Crippen LogP contribution < -0.4 is 4.90 Å². The molecule has 0 saturated carbocycles. The molecule has 5 heteroatoms. The molecule has 0 radical (unpaired) electrons. The second-order valence-electron chi connectivity index (χ2n) is 6.38. The fourth-order valence-corrected chi connectivity index (χ4v) is 2.92. The Morgan fingerprint density at radius 1 is 1.04 bits per heavy atom. The molecule has 0 unspecified atom stereocenters. The van der Waals surface area contributed by atoms with Crippen LogP contribution in [0.4, 0.5) is 10.1 Å². The molecule has 3 aromatic heterocycles. The maximum Gasteiger partial charge on any atom is 0.147 e. The first-order valence-electron chi connectivity index (χ1n) is 8.73. The van der Waals surface area contributed by atoms with Crippen LogP contribution in [0.3, 0.4) is 0 Å². The first-order valence-corrected chi connectivity index (χ1v) is 8.73. The summed E-state index contributed by atoms with van der Waals surface area (Å²) >= 11 is 0. The molecule has 0 spiro atoms. The summed E-state index contributed by atoms with van der Waals surface area (Å²) in [5, 5.41) is 2.84. The van der Waals surface area contributed by atoms with E-state index in [1.54, 1.807) is 29.6 Å². The van der Waals surface area contributed by atoms with Gasteiger partial charge < -0.3 is 4.90 Å². The third kappa shape index (κ3) is 3.25. The minimum Gasteiger partial charge on any atom is -0.375 e. The van der Waals surface area contributed by atoms with Gasteiger partial charge in [0.2, 0.25) is 0 Å². The Labute approximate surface area is 152 Å². The Balaban J connectivity index is 0.000000613. The minimum absolute atomic E-state index is 0.237. The van der Waals surface area contributed by atoms with Gasteiger partial charge in [0.25, 0.3) is 0 Å². The van der Waals surface area contributed by atoms with Gasteiger partial charge in [-0.2, -0.15) is 0 Å². The number of aromatic nitrogens is 3. The fourth-order valence-electron chi connectivity index (χ4n) is 2.92. The Bertz CT molecular complexity index is 1040. The summed E-state index contributed by atoms with van der Waals surface area (Å²) in [7, 11) is 3.68. The molecule has 0 fully saturated rings. The third-order valence-electron chi connectivity index (χ3n) is 4.00. The SMILES string of the molecule is CCC.CN(C)c1c(F)ccc2cnc(-n3ccc4ccncc43)cc12. The van der Waals surface area contributed by atoms with Crippen LogP contribution in [-0.4, -0.2) is 28.6 Å². The summed E-state index contributed by atoms with van der Waals surface area (Å²) in [6, 6.07) is 9.12. The summed E-state index contributed by atoms with van der Waals surface area (Å²) in [5.41, 5.74) is 1.54. The summed E-state index contributed by atoms with van der Waals surface area (Å²) in [4.78, 5) is 10.5. The van der Waals surface area contributed by atoms with Gasteiger partial charge in [-0.15, -0.1) is 0 Å². The predicted molar refractivity (Wildman–Crippen MR) is 107 cm³/mol. The number of benzene rings is 1. The Morgan fingerprint density at radius 2 is 1.81 bits per heavy atom. The highest BCUT2D eigenvalue weighted by atomic mass is 19.1. The number of halogens is 1. The van der Waals surface area contributed by atoms with E-state index in [0.717, 1.165) is 27.5 Å². The second kappa shape index (κ2) is 7.52. The second-order valence-corrected chi connectivity index (χ2v) is 6.38. The summed E-state index contributed by atoms with van der Waals surface area (Å²) in [6.07, 6.45) is 8.55. The van der Waals surface area contributed by atoms with Crippen LogP contribution in [0, 0.1) is 5.82 Å². The van der Waals surface area contributed by atoms with E-state index in [2.05, 4.69) is 23.8 Å². The first-order chi connectivity index (χ1) is 12.6. The van der Waals surface area contributed by atoms with Gasteiger partial charge in [0.1, 0.15) is 11.6 Å². The molecule has 3 heterocycles. The molecule has 0 saturated heterocycles. The van der Waals surface area contributed by atoms with Crippen LogP contribution in [0.25, 0.3) is 27.5 Å². The molecule has 4 nitrogen and oxygen atoms in total. The van der Waals surface area contributed by atoms with E-state index in [0.29, 0.717) is 5.69 Å². The van der Waals surface area contributed by atoms with E-state index in [1.807, 2.05) is 43.1 Å². The van der Waals surface area contributed by atoms with Crippen LogP contribution in [0.2, 0.25) is 0 Å². The first kappa shape index (κ1) is 17.9. The van der Waals surface area contributed by atoms with Gasteiger partial charge in [0.15, 0.2) is 0 Å². The number of fused-ring (bicyclic) bond motifs is 2. The number of hydrogen-bond donors (Lipinski definition) is 0. The molecule has 26 heavy (non-hydrogen) atoms. The van der Waals surface area contributed by atoms with Crippen LogP contribution >= 0.6 is 0 Å². The normalized spacial score (nSPS) is 10.7. The smallest absolute Gasteiger partial charge is 0.147 e. The Kier molecular flexibility index (Phi) is 5.16. The van der Waals surface area contributed by atoms with Crippen molar-refractivity contribution in [2.45, 2.75) is 20.3 Å². The van der Waals surface area contributed by atoms with Crippen molar-refractivity contribution < 1.29 is 4.39 Å². The van der Waals surface area contributed by atoms with Gasteiger partial charge in [-0.05, 0) is 30.3 Å². The van der Waals surface area contributed by atoms with E-state index in [1.165, 1.54) is 12.5 Å². The molecule has 0 aliphatic heterocycles. The van der Waals surface area contributed by atoms with E-state index in [4.69, 9.17) is 0 Å². The minimum atomic E-state index is -0.237. The Morgan fingerprint density at radius 3 is 2.54 bits per heavy atom. The van der Waals surface area contributed by atoms with Gasteiger partial charge in [-0.25, -0.2) is 9.37 Å². The summed E-state index contributed by atoms with van der Waals surface area (Å²) in [5.74, 6) is 0.507. The largest absolute Gasteiger partial charge is 0.375 e. The van der Waals surface area contributed by atoms with Crippen LogP contribution in [0.1, 0.15) is 20.3 Å². The topological polar surface area (TPSA) is 34.0 Å². The monoisotopic (exact) mass is 350 g/mol. The van der Waals surface area contributed by atoms with Crippen LogP contribution in [0.5, 0.6) is 0 Å². The molecular weight excluding hydrogens is 327 g/mol. The highest BCUT2D eigenvalue weighted by Gasteiger charge is 2.12. The molecule has 0 N–H and O–H groups in total. The van der Waals surface area contributed by atoms with Gasteiger partial charge in [-0.1, -0.05) is 20.3 Å². The number of anilines is 1.